The highest BCUT2D eigenvalue weighted by molar-refractivity contribution is 6.35. The number of anilines is 1. The molecule has 5 rings (SSSR count). The number of ether oxygens (including phenoxy) is 1. The summed E-state index contributed by atoms with van der Waals surface area (Å²) in [5.41, 5.74) is 0.276. The number of β-amino-alcohol motifs (C(OH)–C–C–N with tert-alkyl or cyclic N) is 1. The Morgan fingerprint density at radius 1 is 1.34 bits per heavy atom. The molecule has 2 fully saturated rings. The summed E-state index contributed by atoms with van der Waals surface area (Å²) in [6.07, 6.45) is -0.0457. The topological polar surface area (TPSA) is 77.9 Å². The van der Waals surface area contributed by atoms with E-state index in [4.69, 9.17) is 21.3 Å². The molecule has 32 heavy (non-hydrogen) atoms. The summed E-state index contributed by atoms with van der Waals surface area (Å²) in [4.78, 5) is 22.2. The molecule has 0 bridgehead atoms. The third kappa shape index (κ3) is 3.41. The van der Waals surface area contributed by atoms with E-state index in [-0.39, 0.29) is 46.1 Å². The molecular formula is C23H26ClFN4O3. The van der Waals surface area contributed by atoms with Crippen LogP contribution >= 0.6 is 11.6 Å². The number of benzene rings is 1. The van der Waals surface area contributed by atoms with E-state index in [1.807, 2.05) is 18.7 Å². The van der Waals surface area contributed by atoms with E-state index in [0.717, 1.165) is 0 Å². The van der Waals surface area contributed by atoms with Crippen molar-refractivity contribution < 1.29 is 19.0 Å². The Kier molecular flexibility index (Phi) is 5.27. The van der Waals surface area contributed by atoms with Crippen molar-refractivity contribution >= 4 is 23.3 Å². The van der Waals surface area contributed by atoms with Crippen molar-refractivity contribution in [2.24, 2.45) is 0 Å². The maximum atomic E-state index is 14.7. The van der Waals surface area contributed by atoms with Crippen molar-refractivity contribution in [3.05, 3.63) is 40.7 Å². The summed E-state index contributed by atoms with van der Waals surface area (Å²) >= 11 is 6.74. The van der Waals surface area contributed by atoms with Crippen LogP contribution in [0.1, 0.15) is 30.6 Å². The lowest BCUT2D eigenvalue weighted by Crippen LogP contribution is -2.55. The minimum Gasteiger partial charge on any atom is -0.489 e. The largest absolute Gasteiger partial charge is 0.489 e. The number of pyridine rings is 1. The van der Waals surface area contributed by atoms with E-state index in [1.165, 1.54) is 6.07 Å². The van der Waals surface area contributed by atoms with Crippen LogP contribution in [0.15, 0.2) is 24.3 Å². The highest BCUT2D eigenvalue weighted by Gasteiger charge is 2.44. The van der Waals surface area contributed by atoms with Crippen LogP contribution < -0.4 is 15.0 Å². The molecule has 0 aliphatic carbocycles. The fraction of sp³-hybridized carbons (Fsp3) is 0.478. The van der Waals surface area contributed by atoms with Gasteiger partial charge in [-0.3, -0.25) is 4.79 Å². The predicted molar refractivity (Wildman–Crippen MR) is 120 cm³/mol. The Hall–Kier alpha value is -2.42. The van der Waals surface area contributed by atoms with E-state index in [2.05, 4.69) is 5.32 Å². The van der Waals surface area contributed by atoms with Crippen LogP contribution in [0.5, 0.6) is 5.75 Å². The summed E-state index contributed by atoms with van der Waals surface area (Å²) in [5.74, 6) is -0.0688. The van der Waals surface area contributed by atoms with E-state index in [0.29, 0.717) is 38.4 Å². The average molecular weight is 461 g/mol. The molecule has 2 atom stereocenters. The number of nitrogens with zero attached hydrogens (tertiary/aromatic N) is 3. The maximum absolute atomic E-state index is 14.7. The zero-order chi connectivity index (χ0) is 22.6. The number of aromatic nitrogens is 1. The van der Waals surface area contributed by atoms with Gasteiger partial charge in [0.2, 0.25) is 0 Å². The van der Waals surface area contributed by atoms with Crippen LogP contribution in [0.25, 0.3) is 11.3 Å². The number of carbonyl (C=O) groups excluding carboxylic acids is 1. The number of nitrogens with one attached hydrogen (secondary N) is 1. The fourth-order valence-corrected chi connectivity index (χ4v) is 5.26. The zero-order valence-electron chi connectivity index (χ0n) is 18.1. The maximum Gasteiger partial charge on any atom is 0.261 e. The van der Waals surface area contributed by atoms with Gasteiger partial charge in [-0.15, -0.1) is 0 Å². The Bertz CT molecular complexity index is 1080. The van der Waals surface area contributed by atoms with Gasteiger partial charge in [0.1, 0.15) is 28.8 Å². The van der Waals surface area contributed by atoms with Gasteiger partial charge in [0.05, 0.1) is 17.8 Å². The minimum absolute atomic E-state index is 0.118. The minimum atomic E-state index is -0.566. The van der Waals surface area contributed by atoms with Gasteiger partial charge in [0.15, 0.2) is 5.75 Å². The first-order valence-corrected chi connectivity index (χ1v) is 11.2. The third-order valence-electron chi connectivity index (χ3n) is 6.56. The van der Waals surface area contributed by atoms with Crippen LogP contribution in [-0.2, 0) is 0 Å². The summed E-state index contributed by atoms with van der Waals surface area (Å²) in [7, 11) is 0. The normalized spacial score (nSPS) is 24.6. The molecular weight excluding hydrogens is 435 g/mol. The van der Waals surface area contributed by atoms with Gasteiger partial charge < -0.3 is 25.0 Å². The van der Waals surface area contributed by atoms with Crippen LogP contribution in [0.4, 0.5) is 10.2 Å². The molecule has 1 aromatic carbocycles. The van der Waals surface area contributed by atoms with Crippen LogP contribution in [0.2, 0.25) is 5.02 Å². The van der Waals surface area contributed by atoms with Crippen molar-refractivity contribution in [2.45, 2.75) is 38.0 Å². The highest BCUT2D eigenvalue weighted by atomic mass is 35.5. The molecule has 170 valence electrons. The van der Waals surface area contributed by atoms with Crippen molar-refractivity contribution in [1.29, 1.82) is 0 Å². The number of halogens is 2. The van der Waals surface area contributed by atoms with Gasteiger partial charge in [-0.2, -0.15) is 0 Å². The van der Waals surface area contributed by atoms with Gasteiger partial charge in [0.25, 0.3) is 5.91 Å². The second-order valence-electron chi connectivity index (χ2n) is 9.23. The quantitative estimate of drug-likeness (QED) is 0.717. The number of amides is 1. The monoisotopic (exact) mass is 460 g/mol. The van der Waals surface area contributed by atoms with Gasteiger partial charge >= 0.3 is 0 Å². The average Bonchev–Trinajstić information content (AvgIpc) is 2.94. The molecule has 7 nitrogen and oxygen atoms in total. The molecule has 0 spiro atoms. The van der Waals surface area contributed by atoms with Gasteiger partial charge in [-0.25, -0.2) is 9.37 Å². The molecule has 4 heterocycles. The predicted octanol–water partition coefficient (Wildman–Crippen LogP) is 2.70. The lowest BCUT2D eigenvalue weighted by atomic mass is 10.00. The molecule has 2 N–H and O–H groups in total. The molecule has 0 radical (unpaired) electrons. The molecule has 2 aromatic rings. The Labute approximate surface area is 191 Å². The second kappa shape index (κ2) is 7.86. The summed E-state index contributed by atoms with van der Waals surface area (Å²) in [6, 6.07) is 6.13. The smallest absolute Gasteiger partial charge is 0.261 e. The SMILES string of the molecule is CC1(C)CC(O)CN1c1nc(-c2ccccc2F)c(Cl)c2c1C(=O)N1CCNC[C@@H]1CO2. The fourth-order valence-electron chi connectivity index (χ4n) is 4.97. The van der Waals surface area contributed by atoms with Crippen molar-refractivity contribution in [3.63, 3.8) is 0 Å². The van der Waals surface area contributed by atoms with E-state index >= 15 is 0 Å². The van der Waals surface area contributed by atoms with Crippen LogP contribution in [0.3, 0.4) is 0 Å². The molecule has 1 aromatic heterocycles. The lowest BCUT2D eigenvalue weighted by Gasteiger charge is -2.36. The van der Waals surface area contributed by atoms with Crippen LogP contribution in [-0.4, -0.2) is 71.4 Å². The van der Waals surface area contributed by atoms with Crippen molar-refractivity contribution in [3.8, 4) is 17.0 Å². The molecule has 3 aliphatic rings. The number of hydrogen-bond acceptors (Lipinski definition) is 6. The number of piperazine rings is 1. The van der Waals surface area contributed by atoms with Crippen LogP contribution in [0, 0.1) is 5.82 Å². The highest BCUT2D eigenvalue weighted by Crippen LogP contribution is 2.46. The Morgan fingerprint density at radius 2 is 2.12 bits per heavy atom. The number of aliphatic hydroxyl groups excluding tert-OH is 1. The third-order valence-corrected chi connectivity index (χ3v) is 6.92. The first-order valence-electron chi connectivity index (χ1n) is 10.9. The summed E-state index contributed by atoms with van der Waals surface area (Å²) < 4.78 is 20.9. The first-order chi connectivity index (χ1) is 15.3. The number of rotatable bonds is 2. The number of aliphatic hydroxyl groups is 1. The lowest BCUT2D eigenvalue weighted by molar-refractivity contribution is 0.0606. The Balaban J connectivity index is 1.76. The van der Waals surface area contributed by atoms with E-state index in [1.54, 1.807) is 23.1 Å². The molecule has 2 saturated heterocycles. The molecule has 1 amide bonds. The standard InChI is InChI=1S/C23H26ClFN4O3/c1-23(2)9-14(30)11-29(23)21-17-20(32-12-13-10-26-7-8-28(13)22(17)31)18(24)19(27-21)15-5-3-4-6-16(15)25/h3-6,13-14,26,30H,7-12H2,1-2H3/t13-,14?/m1/s1. The van der Waals surface area contributed by atoms with E-state index < -0.39 is 17.5 Å². The van der Waals surface area contributed by atoms with Gasteiger partial charge in [0, 0.05) is 37.3 Å². The van der Waals surface area contributed by atoms with Gasteiger partial charge in [-0.05, 0) is 32.4 Å². The Morgan fingerprint density at radius 3 is 2.84 bits per heavy atom. The molecule has 9 heteroatoms. The van der Waals surface area contributed by atoms with Crippen molar-refractivity contribution in [2.75, 3.05) is 37.7 Å². The van der Waals surface area contributed by atoms with E-state index in [9.17, 15) is 14.3 Å². The van der Waals surface area contributed by atoms with Crippen molar-refractivity contribution in [1.82, 2.24) is 15.2 Å². The molecule has 3 aliphatic heterocycles. The number of carbonyl (C=O) groups is 1. The second-order valence-corrected chi connectivity index (χ2v) is 9.61. The summed E-state index contributed by atoms with van der Waals surface area (Å²) in [6.45, 7) is 6.42. The van der Waals surface area contributed by atoms with Gasteiger partial charge in [-0.1, -0.05) is 23.7 Å². The first kappa shape index (κ1) is 21.4. The molecule has 0 saturated carbocycles. The summed E-state index contributed by atoms with van der Waals surface area (Å²) in [5, 5.41) is 13.8. The number of fused-ring (bicyclic) bond motifs is 2. The molecule has 1 unspecified atom stereocenters. The number of hydrogen-bond donors (Lipinski definition) is 2. The zero-order valence-corrected chi connectivity index (χ0v) is 18.8.